The number of nitrogens with two attached hydrogens (primary N) is 1. The Hall–Kier alpha value is -0.720. The molecule has 118 valence electrons. The fourth-order valence-electron chi connectivity index (χ4n) is 1.83. The first-order chi connectivity index (χ1) is 10.1. The molecule has 0 bridgehead atoms. The number of nitrogens with zero attached hydrogens (tertiary/aromatic N) is 1. The molecule has 0 aliphatic rings. The third-order valence-electron chi connectivity index (χ3n) is 3.09. The molecule has 0 unspecified atom stereocenters. The van der Waals surface area contributed by atoms with Gasteiger partial charge in [-0.2, -0.15) is 11.8 Å². The Morgan fingerprint density at radius 2 is 2.10 bits per heavy atom. The standard InChI is InChI=1S/C15H23BrN2O2S/c1-3-18(15(19)14(17)8-11-21-2)9-10-20-13-6-4-12(16)5-7-13/h4-7,14H,3,8-11,17H2,1-2H3/t14-/m0/s1. The Morgan fingerprint density at radius 3 is 2.67 bits per heavy atom. The van der Waals surface area contributed by atoms with E-state index in [1.807, 2.05) is 37.4 Å². The van der Waals surface area contributed by atoms with Crippen LogP contribution in [-0.4, -0.2) is 48.6 Å². The van der Waals surface area contributed by atoms with Crippen LogP contribution in [0.25, 0.3) is 0 Å². The SMILES string of the molecule is CCN(CCOc1ccc(Br)cc1)C(=O)[C@@H](N)CCSC. The van der Waals surface area contributed by atoms with Gasteiger partial charge < -0.3 is 15.4 Å². The maximum absolute atomic E-state index is 12.2. The van der Waals surface area contributed by atoms with Crippen LogP contribution < -0.4 is 10.5 Å². The van der Waals surface area contributed by atoms with Gasteiger partial charge in [-0.1, -0.05) is 15.9 Å². The Labute approximate surface area is 139 Å². The first kappa shape index (κ1) is 18.3. The quantitative estimate of drug-likeness (QED) is 0.721. The molecular weight excluding hydrogens is 352 g/mol. The van der Waals surface area contributed by atoms with Crippen LogP contribution in [0.4, 0.5) is 0 Å². The molecule has 0 aliphatic heterocycles. The predicted octanol–water partition coefficient (Wildman–Crippen LogP) is 2.76. The van der Waals surface area contributed by atoms with E-state index in [2.05, 4.69) is 15.9 Å². The summed E-state index contributed by atoms with van der Waals surface area (Å²) >= 11 is 5.08. The monoisotopic (exact) mass is 374 g/mol. The molecule has 21 heavy (non-hydrogen) atoms. The minimum absolute atomic E-state index is 0.00551. The number of carbonyl (C=O) groups excluding carboxylic acids is 1. The summed E-state index contributed by atoms with van der Waals surface area (Å²) in [6.07, 6.45) is 2.73. The van der Waals surface area contributed by atoms with Crippen LogP contribution in [0.15, 0.2) is 28.7 Å². The molecule has 0 fully saturated rings. The van der Waals surface area contributed by atoms with Gasteiger partial charge in [0.05, 0.1) is 12.6 Å². The highest BCUT2D eigenvalue weighted by Crippen LogP contribution is 2.16. The summed E-state index contributed by atoms with van der Waals surface area (Å²) < 4.78 is 6.66. The second kappa shape index (κ2) is 10.1. The molecule has 1 aromatic carbocycles. The number of rotatable bonds is 9. The second-order valence-electron chi connectivity index (χ2n) is 4.61. The van der Waals surface area contributed by atoms with E-state index in [-0.39, 0.29) is 5.91 Å². The third kappa shape index (κ3) is 6.72. The van der Waals surface area contributed by atoms with Crippen molar-refractivity contribution in [1.29, 1.82) is 0 Å². The van der Waals surface area contributed by atoms with E-state index < -0.39 is 6.04 Å². The van der Waals surface area contributed by atoms with Gasteiger partial charge in [0.1, 0.15) is 12.4 Å². The molecule has 0 saturated carbocycles. The summed E-state index contributed by atoms with van der Waals surface area (Å²) in [4.78, 5) is 14.0. The van der Waals surface area contributed by atoms with E-state index in [0.29, 0.717) is 26.1 Å². The minimum Gasteiger partial charge on any atom is -0.492 e. The van der Waals surface area contributed by atoms with E-state index in [0.717, 1.165) is 16.0 Å². The molecule has 0 aromatic heterocycles. The number of hydrogen-bond acceptors (Lipinski definition) is 4. The fraction of sp³-hybridized carbons (Fsp3) is 0.533. The molecule has 0 saturated heterocycles. The molecule has 0 radical (unpaired) electrons. The number of thioether (sulfide) groups is 1. The molecule has 0 spiro atoms. The highest BCUT2D eigenvalue weighted by atomic mass is 79.9. The summed E-state index contributed by atoms with van der Waals surface area (Å²) in [5.74, 6) is 1.71. The van der Waals surface area contributed by atoms with E-state index in [1.165, 1.54) is 0 Å². The topological polar surface area (TPSA) is 55.6 Å². The average Bonchev–Trinajstić information content (AvgIpc) is 2.50. The van der Waals surface area contributed by atoms with Gasteiger partial charge in [-0.3, -0.25) is 4.79 Å². The zero-order valence-electron chi connectivity index (χ0n) is 12.5. The Morgan fingerprint density at radius 1 is 1.43 bits per heavy atom. The molecule has 1 amide bonds. The first-order valence-corrected chi connectivity index (χ1v) is 9.18. The smallest absolute Gasteiger partial charge is 0.239 e. The summed E-state index contributed by atoms with van der Waals surface area (Å²) in [7, 11) is 0. The van der Waals surface area contributed by atoms with Gasteiger partial charge in [-0.15, -0.1) is 0 Å². The van der Waals surface area contributed by atoms with Crippen molar-refractivity contribution in [3.05, 3.63) is 28.7 Å². The number of ether oxygens (including phenoxy) is 1. The number of carbonyl (C=O) groups is 1. The van der Waals surface area contributed by atoms with Crippen molar-refractivity contribution < 1.29 is 9.53 Å². The van der Waals surface area contributed by atoms with Gasteiger partial charge in [-0.05, 0) is 49.6 Å². The van der Waals surface area contributed by atoms with Crippen molar-refractivity contribution in [2.75, 3.05) is 31.7 Å². The molecule has 1 rings (SSSR count). The largest absolute Gasteiger partial charge is 0.492 e. The van der Waals surface area contributed by atoms with Crippen molar-refractivity contribution in [1.82, 2.24) is 4.90 Å². The predicted molar refractivity (Wildman–Crippen MR) is 92.9 cm³/mol. The summed E-state index contributed by atoms with van der Waals surface area (Å²) in [5.41, 5.74) is 5.93. The average molecular weight is 375 g/mol. The maximum Gasteiger partial charge on any atom is 0.239 e. The highest BCUT2D eigenvalue weighted by Gasteiger charge is 2.19. The number of amides is 1. The Kier molecular flexibility index (Phi) is 8.80. The zero-order valence-corrected chi connectivity index (χ0v) is 15.0. The summed E-state index contributed by atoms with van der Waals surface area (Å²) in [6.45, 7) is 3.63. The van der Waals surface area contributed by atoms with Crippen molar-refractivity contribution in [2.45, 2.75) is 19.4 Å². The maximum atomic E-state index is 12.2. The van der Waals surface area contributed by atoms with Crippen molar-refractivity contribution in [3.63, 3.8) is 0 Å². The van der Waals surface area contributed by atoms with Crippen LogP contribution in [0, 0.1) is 0 Å². The zero-order chi connectivity index (χ0) is 15.7. The first-order valence-electron chi connectivity index (χ1n) is 7.00. The Bertz CT molecular complexity index is 428. The van der Waals surface area contributed by atoms with Crippen LogP contribution in [-0.2, 0) is 4.79 Å². The molecule has 1 aromatic rings. The second-order valence-corrected chi connectivity index (χ2v) is 6.51. The molecule has 6 heteroatoms. The van der Waals surface area contributed by atoms with Crippen LogP contribution in [0.1, 0.15) is 13.3 Å². The fourth-order valence-corrected chi connectivity index (χ4v) is 2.59. The van der Waals surface area contributed by atoms with Crippen LogP contribution in [0.3, 0.4) is 0 Å². The highest BCUT2D eigenvalue weighted by molar-refractivity contribution is 9.10. The molecule has 1 atom stereocenters. The van der Waals surface area contributed by atoms with Crippen molar-refractivity contribution in [3.8, 4) is 5.75 Å². The number of halogens is 1. The van der Waals surface area contributed by atoms with E-state index in [4.69, 9.17) is 10.5 Å². The van der Waals surface area contributed by atoms with E-state index >= 15 is 0 Å². The minimum atomic E-state index is -0.412. The summed E-state index contributed by atoms with van der Waals surface area (Å²) in [6, 6.07) is 7.23. The van der Waals surface area contributed by atoms with Gasteiger partial charge in [0.25, 0.3) is 0 Å². The van der Waals surface area contributed by atoms with Crippen LogP contribution in [0.2, 0.25) is 0 Å². The molecule has 2 N–H and O–H groups in total. The van der Waals surface area contributed by atoms with Crippen LogP contribution in [0.5, 0.6) is 5.75 Å². The van der Waals surface area contributed by atoms with Crippen molar-refractivity contribution >= 4 is 33.6 Å². The molecule has 0 aliphatic carbocycles. The lowest BCUT2D eigenvalue weighted by Crippen LogP contribution is -2.45. The lowest BCUT2D eigenvalue weighted by Gasteiger charge is -2.24. The van der Waals surface area contributed by atoms with E-state index in [1.54, 1.807) is 16.7 Å². The third-order valence-corrected chi connectivity index (χ3v) is 4.26. The van der Waals surface area contributed by atoms with Gasteiger partial charge >= 0.3 is 0 Å². The van der Waals surface area contributed by atoms with Gasteiger partial charge in [-0.25, -0.2) is 0 Å². The normalized spacial score (nSPS) is 12.0. The van der Waals surface area contributed by atoms with E-state index in [9.17, 15) is 4.79 Å². The van der Waals surface area contributed by atoms with Gasteiger partial charge in [0.15, 0.2) is 0 Å². The summed E-state index contributed by atoms with van der Waals surface area (Å²) in [5, 5.41) is 0. The molecular formula is C15H23BrN2O2S. The Balaban J connectivity index is 2.39. The number of hydrogen-bond donors (Lipinski definition) is 1. The number of likely N-dealkylation sites (N-methyl/N-ethyl adjacent to an activating group) is 1. The number of benzene rings is 1. The van der Waals surface area contributed by atoms with Gasteiger partial charge in [0.2, 0.25) is 5.91 Å². The molecule has 0 heterocycles. The van der Waals surface area contributed by atoms with Gasteiger partial charge in [0, 0.05) is 11.0 Å². The molecule has 4 nitrogen and oxygen atoms in total. The van der Waals surface area contributed by atoms with Crippen LogP contribution >= 0.6 is 27.7 Å². The lowest BCUT2D eigenvalue weighted by atomic mass is 10.2. The van der Waals surface area contributed by atoms with Crippen molar-refractivity contribution in [2.24, 2.45) is 5.73 Å². The lowest BCUT2D eigenvalue weighted by molar-refractivity contribution is -0.132.